The van der Waals surface area contributed by atoms with Crippen LogP contribution in [0.4, 0.5) is 5.69 Å². The van der Waals surface area contributed by atoms with Gasteiger partial charge in [-0.25, -0.2) is 0 Å². The van der Waals surface area contributed by atoms with Crippen LogP contribution in [0, 0.1) is 0 Å². The summed E-state index contributed by atoms with van der Waals surface area (Å²) in [4.78, 5) is 12.6. The Balaban J connectivity index is 1.83. The summed E-state index contributed by atoms with van der Waals surface area (Å²) in [5.41, 5.74) is 0.784. The minimum absolute atomic E-state index is 0.520. The van der Waals surface area contributed by atoms with Crippen LogP contribution in [0.3, 0.4) is 0 Å². The highest BCUT2D eigenvalue weighted by Crippen LogP contribution is 2.19. The van der Waals surface area contributed by atoms with Crippen LogP contribution in [0.5, 0.6) is 5.75 Å². The predicted octanol–water partition coefficient (Wildman–Crippen LogP) is 2.12. The van der Waals surface area contributed by atoms with E-state index in [0.29, 0.717) is 12.5 Å². The van der Waals surface area contributed by atoms with Crippen LogP contribution in [0.15, 0.2) is 24.3 Å². The summed E-state index contributed by atoms with van der Waals surface area (Å²) >= 11 is 0. The fourth-order valence-corrected chi connectivity index (χ4v) is 2.26. The van der Waals surface area contributed by atoms with E-state index in [9.17, 15) is 4.79 Å². The van der Waals surface area contributed by atoms with Crippen molar-refractivity contribution < 1.29 is 9.53 Å². The average molecular weight is 248 g/mol. The monoisotopic (exact) mass is 248 g/mol. The molecule has 0 spiro atoms. The Morgan fingerprint density at radius 3 is 2.83 bits per heavy atom. The Morgan fingerprint density at radius 2 is 2.17 bits per heavy atom. The molecule has 1 aliphatic heterocycles. The van der Waals surface area contributed by atoms with Gasteiger partial charge in [0.05, 0.1) is 0 Å². The third kappa shape index (κ3) is 3.47. The lowest BCUT2D eigenvalue weighted by atomic mass is 10.0. The maximum Gasteiger partial charge on any atom is 0.211 e. The standard InChI is InChI=1S/C14H20N2O2/c1-16-9-3-2-4-13(16)10-18-14-7-5-12(6-8-14)15-11-17/h5-8,11,13H,2-4,9-10H2,1H3,(H,15,17). The van der Waals surface area contributed by atoms with Crippen molar-refractivity contribution in [3.05, 3.63) is 24.3 Å². The van der Waals surface area contributed by atoms with Crippen LogP contribution >= 0.6 is 0 Å². The number of benzene rings is 1. The zero-order valence-electron chi connectivity index (χ0n) is 10.8. The molecule has 2 rings (SSSR count). The van der Waals surface area contributed by atoms with Crippen LogP contribution in [0.2, 0.25) is 0 Å². The summed E-state index contributed by atoms with van der Waals surface area (Å²) in [6.07, 6.45) is 4.47. The Hall–Kier alpha value is -1.55. The number of likely N-dealkylation sites (tertiary alicyclic amines) is 1. The quantitative estimate of drug-likeness (QED) is 0.811. The van der Waals surface area contributed by atoms with Gasteiger partial charge in [-0.05, 0) is 50.7 Å². The molecule has 1 amide bonds. The van der Waals surface area contributed by atoms with Crippen molar-refractivity contribution >= 4 is 12.1 Å². The van der Waals surface area contributed by atoms with Crippen molar-refractivity contribution in [2.24, 2.45) is 0 Å². The molecule has 0 radical (unpaired) electrons. The van der Waals surface area contributed by atoms with Gasteiger partial charge >= 0.3 is 0 Å². The Kier molecular flexibility index (Phi) is 4.59. The number of piperidine rings is 1. The van der Waals surface area contributed by atoms with Gasteiger partial charge in [-0.15, -0.1) is 0 Å². The van der Waals surface area contributed by atoms with Crippen LogP contribution in [-0.2, 0) is 4.79 Å². The van der Waals surface area contributed by atoms with Crippen LogP contribution in [-0.4, -0.2) is 37.6 Å². The van der Waals surface area contributed by atoms with Crippen LogP contribution in [0.1, 0.15) is 19.3 Å². The van der Waals surface area contributed by atoms with E-state index in [0.717, 1.165) is 24.6 Å². The van der Waals surface area contributed by atoms with Crippen molar-refractivity contribution in [2.75, 3.05) is 25.5 Å². The third-order valence-electron chi connectivity index (χ3n) is 3.44. The SMILES string of the molecule is CN1CCCCC1COc1ccc(NC=O)cc1. The number of nitrogens with zero attached hydrogens (tertiary/aromatic N) is 1. The minimum Gasteiger partial charge on any atom is -0.492 e. The molecular formula is C14H20N2O2. The fraction of sp³-hybridized carbons (Fsp3) is 0.500. The second-order valence-electron chi connectivity index (χ2n) is 4.73. The number of amides is 1. The maximum atomic E-state index is 10.3. The molecule has 1 heterocycles. The van der Waals surface area contributed by atoms with Crippen molar-refractivity contribution in [3.8, 4) is 5.75 Å². The second-order valence-corrected chi connectivity index (χ2v) is 4.73. The lowest BCUT2D eigenvalue weighted by Crippen LogP contribution is -2.40. The first kappa shape index (κ1) is 12.9. The lowest BCUT2D eigenvalue weighted by molar-refractivity contribution is -0.105. The molecule has 1 atom stereocenters. The molecule has 4 heteroatoms. The summed E-state index contributed by atoms with van der Waals surface area (Å²) in [7, 11) is 2.16. The molecule has 4 nitrogen and oxygen atoms in total. The smallest absolute Gasteiger partial charge is 0.211 e. The predicted molar refractivity (Wildman–Crippen MR) is 71.9 cm³/mol. The topological polar surface area (TPSA) is 41.6 Å². The molecule has 0 saturated carbocycles. The van der Waals surface area contributed by atoms with E-state index in [-0.39, 0.29) is 0 Å². The van der Waals surface area contributed by atoms with Gasteiger partial charge in [-0.2, -0.15) is 0 Å². The zero-order chi connectivity index (χ0) is 12.8. The normalized spacial score (nSPS) is 20.4. The van der Waals surface area contributed by atoms with E-state index >= 15 is 0 Å². The molecule has 98 valence electrons. The molecule has 1 aromatic rings. The third-order valence-corrected chi connectivity index (χ3v) is 3.44. The lowest BCUT2D eigenvalue weighted by Gasteiger charge is -2.32. The number of likely N-dealkylation sites (N-methyl/N-ethyl adjacent to an activating group) is 1. The largest absolute Gasteiger partial charge is 0.492 e. The van der Waals surface area contributed by atoms with Crippen molar-refractivity contribution in [1.29, 1.82) is 0 Å². The molecule has 1 aliphatic rings. The molecule has 1 unspecified atom stereocenters. The van der Waals surface area contributed by atoms with E-state index in [1.807, 2.05) is 24.3 Å². The van der Waals surface area contributed by atoms with Gasteiger partial charge in [0.15, 0.2) is 0 Å². The first-order valence-corrected chi connectivity index (χ1v) is 6.43. The van der Waals surface area contributed by atoms with Gasteiger partial charge in [0, 0.05) is 11.7 Å². The van der Waals surface area contributed by atoms with E-state index in [2.05, 4.69) is 17.3 Å². The fourth-order valence-electron chi connectivity index (χ4n) is 2.26. The molecule has 0 aliphatic carbocycles. The van der Waals surface area contributed by atoms with Crippen LogP contribution in [0.25, 0.3) is 0 Å². The van der Waals surface area contributed by atoms with Crippen LogP contribution < -0.4 is 10.1 Å². The molecule has 1 fully saturated rings. The first-order valence-electron chi connectivity index (χ1n) is 6.43. The number of hydrogen-bond donors (Lipinski definition) is 1. The van der Waals surface area contributed by atoms with E-state index in [1.54, 1.807) is 0 Å². The molecule has 0 aromatic heterocycles. The molecule has 0 bridgehead atoms. The van der Waals surface area contributed by atoms with E-state index in [4.69, 9.17) is 4.74 Å². The van der Waals surface area contributed by atoms with Gasteiger partial charge in [0.25, 0.3) is 0 Å². The summed E-state index contributed by atoms with van der Waals surface area (Å²) in [6.45, 7) is 1.90. The molecule has 1 saturated heterocycles. The number of ether oxygens (including phenoxy) is 1. The number of hydrogen-bond acceptors (Lipinski definition) is 3. The molecule has 1 N–H and O–H groups in total. The summed E-state index contributed by atoms with van der Waals surface area (Å²) < 4.78 is 5.79. The molecular weight excluding hydrogens is 228 g/mol. The number of rotatable bonds is 5. The highest BCUT2D eigenvalue weighted by molar-refractivity contribution is 5.71. The summed E-state index contributed by atoms with van der Waals surface area (Å²) in [5, 5.41) is 2.60. The molecule has 1 aromatic carbocycles. The van der Waals surface area contributed by atoms with Gasteiger partial charge in [-0.1, -0.05) is 6.42 Å². The number of nitrogens with one attached hydrogen (secondary N) is 1. The molecule has 18 heavy (non-hydrogen) atoms. The van der Waals surface area contributed by atoms with Crippen molar-refractivity contribution in [3.63, 3.8) is 0 Å². The van der Waals surface area contributed by atoms with Crippen molar-refractivity contribution in [1.82, 2.24) is 4.90 Å². The van der Waals surface area contributed by atoms with Gasteiger partial charge < -0.3 is 15.0 Å². The summed E-state index contributed by atoms with van der Waals surface area (Å²) in [6, 6.07) is 7.97. The van der Waals surface area contributed by atoms with E-state index < -0.39 is 0 Å². The minimum atomic E-state index is 0.520. The highest BCUT2D eigenvalue weighted by Gasteiger charge is 2.19. The van der Waals surface area contributed by atoms with Gasteiger partial charge in [0.1, 0.15) is 12.4 Å². The Labute approximate surface area is 108 Å². The maximum absolute atomic E-state index is 10.3. The summed E-state index contributed by atoms with van der Waals surface area (Å²) in [5.74, 6) is 0.852. The van der Waals surface area contributed by atoms with Gasteiger partial charge in [0.2, 0.25) is 6.41 Å². The zero-order valence-corrected chi connectivity index (χ0v) is 10.8. The Morgan fingerprint density at radius 1 is 1.39 bits per heavy atom. The second kappa shape index (κ2) is 6.40. The Bertz CT molecular complexity index is 378. The van der Waals surface area contributed by atoms with E-state index in [1.165, 1.54) is 19.3 Å². The number of carbonyl (C=O) groups excluding carboxylic acids is 1. The first-order chi connectivity index (χ1) is 8.79. The number of carbonyl (C=O) groups is 1. The highest BCUT2D eigenvalue weighted by atomic mass is 16.5. The number of anilines is 1. The van der Waals surface area contributed by atoms with Crippen molar-refractivity contribution in [2.45, 2.75) is 25.3 Å². The van der Waals surface area contributed by atoms with Gasteiger partial charge in [-0.3, -0.25) is 4.79 Å². The average Bonchev–Trinajstić information content (AvgIpc) is 2.40.